The minimum atomic E-state index is -4.57. The van der Waals surface area contributed by atoms with Crippen LogP contribution in [0, 0.1) is 11.3 Å². The van der Waals surface area contributed by atoms with Crippen LogP contribution in [0.1, 0.15) is 22.3 Å². The lowest BCUT2D eigenvalue weighted by Crippen LogP contribution is -2.26. The Bertz CT molecular complexity index is 449. The monoisotopic (exact) mass is 242 g/mol. The molecule has 0 atom stereocenters. The van der Waals surface area contributed by atoms with Crippen molar-refractivity contribution in [3.05, 3.63) is 35.4 Å². The van der Waals surface area contributed by atoms with Crippen LogP contribution in [0.5, 0.6) is 0 Å². The van der Waals surface area contributed by atoms with Crippen molar-refractivity contribution < 1.29 is 18.0 Å². The molecule has 3 nitrogen and oxygen atoms in total. The predicted molar refractivity (Wildman–Crippen MR) is 54.0 cm³/mol. The van der Waals surface area contributed by atoms with Gasteiger partial charge in [0, 0.05) is 6.54 Å². The third kappa shape index (κ3) is 3.48. The van der Waals surface area contributed by atoms with Crippen LogP contribution in [-0.2, 0) is 6.18 Å². The Hall–Kier alpha value is -2.03. The van der Waals surface area contributed by atoms with E-state index in [4.69, 9.17) is 5.26 Å². The summed E-state index contributed by atoms with van der Waals surface area (Å²) in [5.41, 5.74) is -1.41. The van der Waals surface area contributed by atoms with Crippen LogP contribution in [0.2, 0.25) is 0 Å². The molecule has 0 aliphatic heterocycles. The molecule has 0 heterocycles. The molecule has 0 unspecified atom stereocenters. The van der Waals surface area contributed by atoms with Crippen molar-refractivity contribution in [3.63, 3.8) is 0 Å². The van der Waals surface area contributed by atoms with Gasteiger partial charge >= 0.3 is 6.18 Å². The summed E-state index contributed by atoms with van der Waals surface area (Å²) in [4.78, 5) is 11.5. The van der Waals surface area contributed by atoms with E-state index in [0.717, 1.165) is 12.1 Å². The van der Waals surface area contributed by atoms with Gasteiger partial charge < -0.3 is 5.32 Å². The Morgan fingerprint density at radius 2 is 2.00 bits per heavy atom. The molecule has 1 aromatic rings. The van der Waals surface area contributed by atoms with Gasteiger partial charge in [-0.15, -0.1) is 0 Å². The van der Waals surface area contributed by atoms with E-state index in [-0.39, 0.29) is 13.0 Å². The molecule has 17 heavy (non-hydrogen) atoms. The normalized spacial score (nSPS) is 10.7. The van der Waals surface area contributed by atoms with E-state index in [1.165, 1.54) is 12.1 Å². The first kappa shape index (κ1) is 13.0. The molecule has 0 aliphatic carbocycles. The lowest BCUT2D eigenvalue weighted by molar-refractivity contribution is -0.137. The van der Waals surface area contributed by atoms with Crippen molar-refractivity contribution in [3.8, 4) is 6.07 Å². The van der Waals surface area contributed by atoms with Gasteiger partial charge in [0.2, 0.25) is 0 Å². The molecule has 0 bridgehead atoms. The topological polar surface area (TPSA) is 52.9 Å². The Kier molecular flexibility index (Phi) is 4.10. The third-order valence-corrected chi connectivity index (χ3v) is 2.00. The van der Waals surface area contributed by atoms with E-state index in [9.17, 15) is 18.0 Å². The lowest BCUT2D eigenvalue weighted by atomic mass is 10.1. The molecular formula is C11H9F3N2O. The van der Waals surface area contributed by atoms with Crippen LogP contribution in [0.4, 0.5) is 13.2 Å². The zero-order chi connectivity index (χ0) is 12.9. The third-order valence-electron chi connectivity index (χ3n) is 2.00. The maximum absolute atomic E-state index is 12.6. The van der Waals surface area contributed by atoms with Gasteiger partial charge in [0.05, 0.1) is 23.6 Å². The second kappa shape index (κ2) is 5.34. The maximum atomic E-state index is 12.6. The lowest BCUT2D eigenvalue weighted by Gasteiger charge is -2.11. The molecule has 90 valence electrons. The molecule has 0 saturated carbocycles. The smallest absolute Gasteiger partial charge is 0.351 e. The van der Waals surface area contributed by atoms with Gasteiger partial charge in [0.25, 0.3) is 5.91 Å². The van der Waals surface area contributed by atoms with Gasteiger partial charge in [-0.05, 0) is 12.1 Å². The summed E-state index contributed by atoms with van der Waals surface area (Å²) in [6.07, 6.45) is -4.51. The zero-order valence-corrected chi connectivity index (χ0v) is 8.71. The standard InChI is InChI=1S/C11H9F3N2O/c12-11(13,14)9-5-2-1-4-8(9)10(17)16-7-3-6-15/h1-2,4-5H,3,7H2,(H,16,17). The highest BCUT2D eigenvalue weighted by Crippen LogP contribution is 2.31. The average molecular weight is 242 g/mol. The van der Waals surface area contributed by atoms with E-state index in [0.29, 0.717) is 0 Å². The highest BCUT2D eigenvalue weighted by molar-refractivity contribution is 5.95. The maximum Gasteiger partial charge on any atom is 0.417 e. The van der Waals surface area contributed by atoms with Crippen molar-refractivity contribution >= 4 is 5.91 Å². The van der Waals surface area contributed by atoms with Crippen LogP contribution in [-0.4, -0.2) is 12.5 Å². The minimum Gasteiger partial charge on any atom is -0.351 e. The number of nitriles is 1. The first-order valence-corrected chi connectivity index (χ1v) is 4.78. The summed E-state index contributed by atoms with van der Waals surface area (Å²) >= 11 is 0. The van der Waals surface area contributed by atoms with Crippen molar-refractivity contribution in [1.82, 2.24) is 5.32 Å². The van der Waals surface area contributed by atoms with Crippen molar-refractivity contribution in [1.29, 1.82) is 5.26 Å². The van der Waals surface area contributed by atoms with Crippen LogP contribution in [0.15, 0.2) is 24.3 Å². The molecule has 0 aromatic heterocycles. The van der Waals surface area contributed by atoms with E-state index >= 15 is 0 Å². The van der Waals surface area contributed by atoms with Crippen molar-refractivity contribution in [2.75, 3.05) is 6.54 Å². The average Bonchev–Trinajstić information content (AvgIpc) is 2.28. The first-order chi connectivity index (χ1) is 7.96. The molecule has 0 aliphatic rings. The second-order valence-electron chi connectivity index (χ2n) is 3.21. The fourth-order valence-electron chi connectivity index (χ4n) is 1.26. The predicted octanol–water partition coefficient (Wildman–Crippen LogP) is 2.35. The number of rotatable bonds is 3. The van der Waals surface area contributed by atoms with Gasteiger partial charge in [-0.3, -0.25) is 4.79 Å². The highest BCUT2D eigenvalue weighted by Gasteiger charge is 2.34. The number of carbonyl (C=O) groups is 1. The number of alkyl halides is 3. The number of nitrogens with zero attached hydrogens (tertiary/aromatic N) is 1. The van der Waals surface area contributed by atoms with Crippen LogP contribution in [0.25, 0.3) is 0 Å². The minimum absolute atomic E-state index is 0.0293. The quantitative estimate of drug-likeness (QED) is 0.827. The molecule has 1 N–H and O–H groups in total. The summed E-state index contributed by atoms with van der Waals surface area (Å²) in [6.45, 7) is 0.0293. The van der Waals surface area contributed by atoms with E-state index < -0.39 is 23.2 Å². The highest BCUT2D eigenvalue weighted by atomic mass is 19.4. The fraction of sp³-hybridized carbons (Fsp3) is 0.273. The number of amides is 1. The largest absolute Gasteiger partial charge is 0.417 e. The SMILES string of the molecule is N#CCCNC(=O)c1ccccc1C(F)(F)F. The van der Waals surface area contributed by atoms with Gasteiger partial charge in [0.1, 0.15) is 0 Å². The zero-order valence-electron chi connectivity index (χ0n) is 8.71. The summed E-state index contributed by atoms with van der Waals surface area (Å²) in [6, 6.07) is 6.30. The van der Waals surface area contributed by atoms with Crippen molar-refractivity contribution in [2.45, 2.75) is 12.6 Å². The molecule has 1 aromatic carbocycles. The molecule has 0 radical (unpaired) electrons. The Morgan fingerprint density at radius 1 is 1.35 bits per heavy atom. The molecular weight excluding hydrogens is 233 g/mol. The summed E-state index contributed by atoms with van der Waals surface area (Å²) < 4.78 is 37.7. The molecule has 0 fully saturated rings. The van der Waals surface area contributed by atoms with Gasteiger partial charge in [-0.1, -0.05) is 12.1 Å². The Morgan fingerprint density at radius 3 is 2.59 bits per heavy atom. The number of halogens is 3. The molecule has 0 saturated heterocycles. The molecule has 1 amide bonds. The fourth-order valence-corrected chi connectivity index (χ4v) is 1.26. The van der Waals surface area contributed by atoms with Crippen LogP contribution in [0.3, 0.4) is 0 Å². The van der Waals surface area contributed by atoms with E-state index in [2.05, 4.69) is 5.32 Å². The van der Waals surface area contributed by atoms with E-state index in [1.807, 2.05) is 0 Å². The van der Waals surface area contributed by atoms with Gasteiger partial charge in [0.15, 0.2) is 0 Å². The first-order valence-electron chi connectivity index (χ1n) is 4.78. The molecule has 0 spiro atoms. The number of benzene rings is 1. The Labute approximate surface area is 95.9 Å². The van der Waals surface area contributed by atoms with Crippen LogP contribution >= 0.6 is 0 Å². The number of hydrogen-bond donors (Lipinski definition) is 1. The van der Waals surface area contributed by atoms with Crippen molar-refractivity contribution in [2.24, 2.45) is 0 Å². The second-order valence-corrected chi connectivity index (χ2v) is 3.21. The van der Waals surface area contributed by atoms with Gasteiger partial charge in [-0.2, -0.15) is 18.4 Å². The summed E-state index contributed by atoms with van der Waals surface area (Å²) in [7, 11) is 0. The molecule has 6 heteroatoms. The number of hydrogen-bond acceptors (Lipinski definition) is 2. The molecule has 1 rings (SSSR count). The van der Waals surface area contributed by atoms with Gasteiger partial charge in [-0.25, -0.2) is 0 Å². The summed E-state index contributed by atoms with van der Waals surface area (Å²) in [5, 5.41) is 10.5. The Balaban J connectivity index is 2.91. The number of nitrogens with one attached hydrogen (secondary N) is 1. The van der Waals surface area contributed by atoms with Crippen LogP contribution < -0.4 is 5.32 Å². The summed E-state index contributed by atoms with van der Waals surface area (Å²) in [5.74, 6) is -0.826. The number of carbonyl (C=O) groups excluding carboxylic acids is 1. The van der Waals surface area contributed by atoms with E-state index in [1.54, 1.807) is 6.07 Å².